The van der Waals surface area contributed by atoms with Crippen LogP contribution >= 0.6 is 0 Å². The summed E-state index contributed by atoms with van der Waals surface area (Å²) in [7, 11) is 0. The lowest BCUT2D eigenvalue weighted by Gasteiger charge is -1.99. The second-order valence-electron chi connectivity index (χ2n) is 3.85. The summed E-state index contributed by atoms with van der Waals surface area (Å²) in [6.45, 7) is 3.26. The molecule has 0 atom stereocenters. The maximum Gasteiger partial charge on any atom is 0.233 e. The van der Waals surface area contributed by atoms with Crippen molar-refractivity contribution in [2.24, 2.45) is 4.99 Å². The van der Waals surface area contributed by atoms with Crippen LogP contribution in [0.25, 0.3) is 10.9 Å². The molecule has 3 rings (SSSR count). The minimum atomic E-state index is -0.226. The molecule has 0 fully saturated rings. The Labute approximate surface area is 92.0 Å². The van der Waals surface area contributed by atoms with Crippen molar-refractivity contribution in [2.75, 3.05) is 13.2 Å². The van der Waals surface area contributed by atoms with E-state index in [0.29, 0.717) is 19.0 Å². The highest BCUT2D eigenvalue weighted by atomic mass is 19.1. The number of ether oxygens (including phenoxy) is 1. The molecule has 0 radical (unpaired) electrons. The van der Waals surface area contributed by atoms with Crippen LogP contribution in [0.5, 0.6) is 0 Å². The topological polar surface area (TPSA) is 37.4 Å². The summed E-state index contributed by atoms with van der Waals surface area (Å²) in [5.74, 6) is 0.407. The maximum atomic E-state index is 13.1. The molecule has 0 aliphatic carbocycles. The van der Waals surface area contributed by atoms with Crippen LogP contribution in [0.1, 0.15) is 11.3 Å². The number of benzene rings is 1. The number of aliphatic imine (C=N–C) groups is 1. The Balaban J connectivity index is 2.23. The van der Waals surface area contributed by atoms with Crippen LogP contribution < -0.4 is 0 Å². The molecule has 16 heavy (non-hydrogen) atoms. The number of fused-ring (bicyclic) bond motifs is 1. The Hall–Kier alpha value is -1.84. The van der Waals surface area contributed by atoms with Gasteiger partial charge in [0.2, 0.25) is 5.90 Å². The number of nitrogens with zero attached hydrogens (tertiary/aromatic N) is 1. The van der Waals surface area contributed by atoms with Crippen molar-refractivity contribution in [3.05, 3.63) is 35.3 Å². The Morgan fingerprint density at radius 2 is 2.31 bits per heavy atom. The Morgan fingerprint density at radius 3 is 3.06 bits per heavy atom. The maximum absolute atomic E-state index is 13.1. The molecule has 0 spiro atoms. The van der Waals surface area contributed by atoms with Crippen molar-refractivity contribution in [3.8, 4) is 0 Å². The molecule has 0 bridgehead atoms. The van der Waals surface area contributed by atoms with Gasteiger partial charge >= 0.3 is 0 Å². The Morgan fingerprint density at radius 1 is 1.44 bits per heavy atom. The van der Waals surface area contributed by atoms with Gasteiger partial charge in [-0.3, -0.25) is 0 Å². The van der Waals surface area contributed by atoms with E-state index in [4.69, 9.17) is 4.74 Å². The number of hydrogen-bond acceptors (Lipinski definition) is 2. The van der Waals surface area contributed by atoms with Gasteiger partial charge in [-0.1, -0.05) is 0 Å². The second-order valence-corrected chi connectivity index (χ2v) is 3.85. The van der Waals surface area contributed by atoms with Gasteiger partial charge in [0.1, 0.15) is 18.1 Å². The van der Waals surface area contributed by atoms with Crippen molar-refractivity contribution in [3.63, 3.8) is 0 Å². The van der Waals surface area contributed by atoms with E-state index in [1.807, 2.05) is 6.92 Å². The molecule has 1 N–H and O–H groups in total. The van der Waals surface area contributed by atoms with Crippen molar-refractivity contribution < 1.29 is 9.13 Å². The molecule has 1 aliphatic heterocycles. The minimum absolute atomic E-state index is 0.226. The average molecular weight is 218 g/mol. The number of H-pyrrole nitrogens is 1. The van der Waals surface area contributed by atoms with E-state index in [2.05, 4.69) is 9.98 Å². The largest absolute Gasteiger partial charge is 0.474 e. The molecule has 0 amide bonds. The number of aromatic nitrogens is 1. The second kappa shape index (κ2) is 3.33. The first-order valence-electron chi connectivity index (χ1n) is 5.21. The molecule has 3 nitrogen and oxygen atoms in total. The molecule has 0 unspecified atom stereocenters. The first-order chi connectivity index (χ1) is 7.75. The van der Waals surface area contributed by atoms with Gasteiger partial charge < -0.3 is 9.72 Å². The van der Waals surface area contributed by atoms with E-state index in [1.54, 1.807) is 6.07 Å². The van der Waals surface area contributed by atoms with Crippen molar-refractivity contribution in [1.29, 1.82) is 0 Å². The average Bonchev–Trinajstić information content (AvgIpc) is 2.87. The third kappa shape index (κ3) is 1.30. The quantitative estimate of drug-likeness (QED) is 0.784. The Bertz CT molecular complexity index is 586. The van der Waals surface area contributed by atoms with Gasteiger partial charge in [-0.2, -0.15) is 0 Å². The number of aromatic amines is 1. The number of aryl methyl sites for hydroxylation is 1. The standard InChI is InChI=1S/C12H11FN2O/c1-7-9-6-8(13)2-3-10(9)15-11(7)12-14-4-5-16-12/h2-3,6,15H,4-5H2,1H3. The van der Waals surface area contributed by atoms with Gasteiger partial charge in [0.25, 0.3) is 0 Å². The number of rotatable bonds is 1. The summed E-state index contributed by atoms with van der Waals surface area (Å²) in [5.41, 5.74) is 2.75. The van der Waals surface area contributed by atoms with Gasteiger partial charge in [-0.25, -0.2) is 9.38 Å². The van der Waals surface area contributed by atoms with Crippen LogP contribution in [0.3, 0.4) is 0 Å². The molecular formula is C12H11FN2O. The summed E-state index contributed by atoms with van der Waals surface area (Å²) in [5, 5.41) is 0.883. The van der Waals surface area contributed by atoms with Gasteiger partial charge in [-0.05, 0) is 30.7 Å². The molecule has 0 saturated heterocycles. The van der Waals surface area contributed by atoms with Gasteiger partial charge in [0, 0.05) is 10.9 Å². The SMILES string of the molecule is Cc1c(C2=NCCO2)[nH]c2ccc(F)cc12. The van der Waals surface area contributed by atoms with Crippen molar-refractivity contribution >= 4 is 16.8 Å². The molecule has 1 aromatic carbocycles. The molecule has 82 valence electrons. The smallest absolute Gasteiger partial charge is 0.233 e. The number of hydrogen-bond donors (Lipinski definition) is 1. The zero-order chi connectivity index (χ0) is 11.1. The van der Waals surface area contributed by atoms with Gasteiger partial charge in [0.05, 0.1) is 6.54 Å². The highest BCUT2D eigenvalue weighted by molar-refractivity contribution is 6.01. The molecule has 2 aromatic rings. The van der Waals surface area contributed by atoms with Crippen LogP contribution in [-0.4, -0.2) is 24.0 Å². The van der Waals surface area contributed by atoms with Crippen LogP contribution in [0.4, 0.5) is 4.39 Å². The van der Waals surface area contributed by atoms with E-state index in [-0.39, 0.29) is 5.82 Å². The van der Waals surface area contributed by atoms with Crippen molar-refractivity contribution in [1.82, 2.24) is 4.98 Å². The van der Waals surface area contributed by atoms with E-state index in [0.717, 1.165) is 22.2 Å². The summed E-state index contributed by atoms with van der Waals surface area (Å²) < 4.78 is 18.5. The van der Waals surface area contributed by atoms with Gasteiger partial charge in [-0.15, -0.1) is 0 Å². The van der Waals surface area contributed by atoms with E-state index >= 15 is 0 Å². The summed E-state index contributed by atoms with van der Waals surface area (Å²) >= 11 is 0. The monoisotopic (exact) mass is 218 g/mol. The number of halogens is 1. The summed E-state index contributed by atoms with van der Waals surface area (Å²) in [6, 6.07) is 4.70. The van der Waals surface area contributed by atoms with Crippen molar-refractivity contribution in [2.45, 2.75) is 6.92 Å². The lowest BCUT2D eigenvalue weighted by Crippen LogP contribution is -2.02. The third-order valence-electron chi connectivity index (χ3n) is 2.82. The molecule has 1 aliphatic rings. The van der Waals surface area contributed by atoms with E-state index < -0.39 is 0 Å². The van der Waals surface area contributed by atoms with Crippen LogP contribution in [0.15, 0.2) is 23.2 Å². The first kappa shape index (κ1) is 9.39. The zero-order valence-electron chi connectivity index (χ0n) is 8.88. The molecule has 0 saturated carbocycles. The fraction of sp³-hybridized carbons (Fsp3) is 0.250. The lowest BCUT2D eigenvalue weighted by atomic mass is 10.1. The first-order valence-corrected chi connectivity index (χ1v) is 5.21. The van der Waals surface area contributed by atoms with Crippen LogP contribution in [-0.2, 0) is 4.74 Å². The Kier molecular flexibility index (Phi) is 1.96. The van der Waals surface area contributed by atoms with Crippen LogP contribution in [0.2, 0.25) is 0 Å². The lowest BCUT2D eigenvalue weighted by molar-refractivity contribution is 0.347. The highest BCUT2D eigenvalue weighted by Gasteiger charge is 2.17. The fourth-order valence-corrected chi connectivity index (χ4v) is 2.00. The highest BCUT2D eigenvalue weighted by Crippen LogP contribution is 2.24. The zero-order valence-corrected chi connectivity index (χ0v) is 8.88. The van der Waals surface area contributed by atoms with Gasteiger partial charge in [0.15, 0.2) is 0 Å². The van der Waals surface area contributed by atoms with E-state index in [9.17, 15) is 4.39 Å². The van der Waals surface area contributed by atoms with E-state index in [1.165, 1.54) is 12.1 Å². The minimum Gasteiger partial charge on any atom is -0.474 e. The summed E-state index contributed by atoms with van der Waals surface area (Å²) in [4.78, 5) is 7.46. The molecule has 1 aromatic heterocycles. The fourth-order valence-electron chi connectivity index (χ4n) is 2.00. The summed E-state index contributed by atoms with van der Waals surface area (Å²) in [6.07, 6.45) is 0. The third-order valence-corrected chi connectivity index (χ3v) is 2.82. The molecule has 4 heteroatoms. The predicted octanol–water partition coefficient (Wildman–Crippen LogP) is 2.39. The predicted molar refractivity (Wildman–Crippen MR) is 60.3 cm³/mol. The molecule has 2 heterocycles. The van der Waals surface area contributed by atoms with Crippen LogP contribution in [0, 0.1) is 12.7 Å². The molecular weight excluding hydrogens is 207 g/mol. The number of nitrogens with one attached hydrogen (secondary N) is 1. The normalized spacial score (nSPS) is 15.2.